The SMILES string of the molecule is Br.CCCCNc1ccc(CO)cn1.CCCCNc1ccc(OCCCN(CC)CC)cn1.CCN(CC)CCBr. The Morgan fingerprint density at radius 2 is 1.26 bits per heavy atom. The molecule has 244 valence electrons. The Balaban J connectivity index is 0. The minimum atomic E-state index is 0. The van der Waals surface area contributed by atoms with Gasteiger partial charge >= 0.3 is 0 Å². The number of hydrogen-bond donors (Lipinski definition) is 3. The van der Waals surface area contributed by atoms with Crippen molar-refractivity contribution in [3.05, 3.63) is 42.2 Å². The maximum absolute atomic E-state index is 8.78. The van der Waals surface area contributed by atoms with Crippen LogP contribution in [0.2, 0.25) is 0 Å². The third-order valence-electron chi connectivity index (χ3n) is 6.49. The van der Waals surface area contributed by atoms with Gasteiger partial charge in [-0.1, -0.05) is 76.4 Å². The first-order valence-corrected chi connectivity index (χ1v) is 16.8. The highest BCUT2D eigenvalue weighted by atomic mass is 79.9. The van der Waals surface area contributed by atoms with Crippen molar-refractivity contribution in [3.63, 3.8) is 0 Å². The van der Waals surface area contributed by atoms with E-state index in [4.69, 9.17) is 9.84 Å². The van der Waals surface area contributed by atoms with Gasteiger partial charge in [0.1, 0.15) is 17.4 Å². The minimum absolute atomic E-state index is 0. The Morgan fingerprint density at radius 1 is 0.738 bits per heavy atom. The normalized spacial score (nSPS) is 10.2. The summed E-state index contributed by atoms with van der Waals surface area (Å²) in [5.41, 5.74) is 0.848. The fourth-order valence-corrected chi connectivity index (χ4v) is 4.16. The second-order valence-electron chi connectivity index (χ2n) is 9.59. The Kier molecular flexibility index (Phi) is 31.5. The fraction of sp³-hybridized carbons (Fsp3) is 0.688. The zero-order valence-corrected chi connectivity index (χ0v) is 30.5. The molecule has 0 aliphatic rings. The summed E-state index contributed by atoms with van der Waals surface area (Å²) in [6, 6.07) is 7.73. The first-order chi connectivity index (χ1) is 20.0. The minimum Gasteiger partial charge on any atom is -0.492 e. The monoisotopic (exact) mass is 718 g/mol. The van der Waals surface area contributed by atoms with E-state index >= 15 is 0 Å². The average molecular weight is 721 g/mol. The Bertz CT molecular complexity index is 808. The highest BCUT2D eigenvalue weighted by Crippen LogP contribution is 2.12. The molecule has 0 saturated heterocycles. The molecule has 2 rings (SSSR count). The summed E-state index contributed by atoms with van der Waals surface area (Å²) >= 11 is 3.39. The highest BCUT2D eigenvalue weighted by molar-refractivity contribution is 9.09. The van der Waals surface area contributed by atoms with Crippen LogP contribution in [0.1, 0.15) is 79.2 Å². The maximum atomic E-state index is 8.78. The van der Waals surface area contributed by atoms with Crippen molar-refractivity contribution < 1.29 is 9.84 Å². The summed E-state index contributed by atoms with van der Waals surface area (Å²) in [4.78, 5) is 13.3. The molecule has 10 heteroatoms. The van der Waals surface area contributed by atoms with Gasteiger partial charge in [-0.15, -0.1) is 17.0 Å². The molecule has 0 amide bonds. The number of aliphatic hydroxyl groups is 1. The Morgan fingerprint density at radius 3 is 1.64 bits per heavy atom. The number of halogens is 2. The van der Waals surface area contributed by atoms with Gasteiger partial charge in [-0.2, -0.15) is 0 Å². The molecule has 0 aliphatic heterocycles. The molecule has 42 heavy (non-hydrogen) atoms. The van der Waals surface area contributed by atoms with E-state index in [1.165, 1.54) is 38.9 Å². The molecule has 3 N–H and O–H groups in total. The lowest BCUT2D eigenvalue weighted by Crippen LogP contribution is -2.25. The van der Waals surface area contributed by atoms with Crippen LogP contribution in [0.25, 0.3) is 0 Å². The summed E-state index contributed by atoms with van der Waals surface area (Å²) in [6.07, 6.45) is 9.25. The molecule has 0 saturated carbocycles. The third kappa shape index (κ3) is 23.1. The number of aliphatic hydroxyl groups excluding tert-OH is 1. The van der Waals surface area contributed by atoms with Crippen molar-refractivity contribution in [1.82, 2.24) is 19.8 Å². The zero-order chi connectivity index (χ0) is 30.6. The predicted molar refractivity (Wildman–Crippen MR) is 191 cm³/mol. The largest absolute Gasteiger partial charge is 0.492 e. The summed E-state index contributed by atoms with van der Waals surface area (Å²) < 4.78 is 5.71. The Labute approximate surface area is 276 Å². The van der Waals surface area contributed by atoms with Crippen molar-refractivity contribution in [3.8, 4) is 5.75 Å². The Hall–Kier alpha value is -1.46. The van der Waals surface area contributed by atoms with E-state index in [0.717, 1.165) is 80.5 Å². The van der Waals surface area contributed by atoms with Crippen molar-refractivity contribution in [2.24, 2.45) is 0 Å². The number of rotatable bonds is 20. The summed E-state index contributed by atoms with van der Waals surface area (Å²) in [6.45, 7) is 22.7. The smallest absolute Gasteiger partial charge is 0.137 e. The summed E-state index contributed by atoms with van der Waals surface area (Å²) in [5, 5.41) is 16.4. The van der Waals surface area contributed by atoms with Gasteiger partial charge in [0.25, 0.3) is 0 Å². The average Bonchev–Trinajstić information content (AvgIpc) is 3.02. The molecular formula is C32H60Br2N6O2. The molecule has 0 radical (unpaired) electrons. The number of alkyl halides is 1. The topological polar surface area (TPSA) is 85.8 Å². The number of nitrogens with zero attached hydrogens (tertiary/aromatic N) is 4. The van der Waals surface area contributed by atoms with Gasteiger partial charge in [-0.05, 0) is 69.2 Å². The molecule has 0 aromatic carbocycles. The molecule has 0 bridgehead atoms. The van der Waals surface area contributed by atoms with Crippen LogP contribution in [-0.4, -0.2) is 89.2 Å². The van der Waals surface area contributed by atoms with Gasteiger partial charge in [0, 0.05) is 37.7 Å². The van der Waals surface area contributed by atoms with E-state index in [9.17, 15) is 0 Å². The lowest BCUT2D eigenvalue weighted by Gasteiger charge is -2.17. The number of pyridine rings is 2. The van der Waals surface area contributed by atoms with Crippen molar-refractivity contribution in [1.29, 1.82) is 0 Å². The van der Waals surface area contributed by atoms with Crippen LogP contribution in [0.5, 0.6) is 5.75 Å². The molecule has 8 nitrogen and oxygen atoms in total. The lowest BCUT2D eigenvalue weighted by molar-refractivity contribution is 0.249. The van der Waals surface area contributed by atoms with Gasteiger partial charge < -0.3 is 30.3 Å². The maximum Gasteiger partial charge on any atom is 0.137 e. The van der Waals surface area contributed by atoms with E-state index in [-0.39, 0.29) is 23.6 Å². The van der Waals surface area contributed by atoms with Crippen molar-refractivity contribution in [2.45, 2.75) is 80.3 Å². The molecule has 0 spiro atoms. The van der Waals surface area contributed by atoms with Gasteiger partial charge in [0.2, 0.25) is 0 Å². The number of ether oxygens (including phenoxy) is 1. The van der Waals surface area contributed by atoms with E-state index < -0.39 is 0 Å². The van der Waals surface area contributed by atoms with Gasteiger partial charge in [-0.25, -0.2) is 9.97 Å². The van der Waals surface area contributed by atoms with Crippen LogP contribution in [-0.2, 0) is 6.61 Å². The molecule has 2 aromatic heterocycles. The zero-order valence-electron chi connectivity index (χ0n) is 27.2. The molecule has 2 heterocycles. The lowest BCUT2D eigenvalue weighted by atomic mass is 10.3. The van der Waals surface area contributed by atoms with Crippen molar-refractivity contribution >= 4 is 44.5 Å². The first-order valence-electron chi connectivity index (χ1n) is 15.6. The van der Waals surface area contributed by atoms with Crippen LogP contribution < -0.4 is 15.4 Å². The van der Waals surface area contributed by atoms with Crippen LogP contribution in [0.4, 0.5) is 11.6 Å². The molecule has 0 fully saturated rings. The number of hydrogen-bond acceptors (Lipinski definition) is 8. The van der Waals surface area contributed by atoms with Crippen LogP contribution >= 0.6 is 32.9 Å². The molecule has 0 unspecified atom stereocenters. The van der Waals surface area contributed by atoms with E-state index in [1.807, 2.05) is 24.3 Å². The fourth-order valence-electron chi connectivity index (χ4n) is 3.66. The quantitative estimate of drug-likeness (QED) is 0.0959. The van der Waals surface area contributed by atoms with Crippen LogP contribution in [0.3, 0.4) is 0 Å². The highest BCUT2D eigenvalue weighted by Gasteiger charge is 2.00. The van der Waals surface area contributed by atoms with Crippen molar-refractivity contribution in [2.75, 3.05) is 74.9 Å². The molecule has 0 aliphatic carbocycles. The number of anilines is 2. The van der Waals surface area contributed by atoms with Crippen LogP contribution in [0, 0.1) is 0 Å². The standard InChI is InChI=1S/C16H29N3O.C10H16N2O.C6H14BrN.BrH/c1-4-7-11-17-16-10-9-15(14-18-16)20-13-8-12-19(5-2)6-3;1-2-3-6-11-10-5-4-9(8-13)7-12-10;1-3-8(4-2)6-5-7;/h9-10,14H,4-8,11-13H2,1-3H3,(H,17,18);4-5,7,13H,2-3,6,8H2,1H3,(H,11,12);3-6H2,1-2H3;1H. The van der Waals surface area contributed by atoms with Gasteiger partial charge in [0.05, 0.1) is 19.4 Å². The van der Waals surface area contributed by atoms with Crippen LogP contribution in [0.15, 0.2) is 36.7 Å². The van der Waals surface area contributed by atoms with E-state index in [0.29, 0.717) is 0 Å². The van der Waals surface area contributed by atoms with E-state index in [2.05, 4.69) is 87.9 Å². The van der Waals surface area contributed by atoms with E-state index in [1.54, 1.807) is 12.4 Å². The molecular weight excluding hydrogens is 660 g/mol. The number of aromatic nitrogens is 2. The summed E-state index contributed by atoms with van der Waals surface area (Å²) in [7, 11) is 0. The third-order valence-corrected chi connectivity index (χ3v) is 6.85. The summed E-state index contributed by atoms with van der Waals surface area (Å²) in [5.74, 6) is 2.66. The van der Waals surface area contributed by atoms with Gasteiger partial charge in [0.15, 0.2) is 0 Å². The van der Waals surface area contributed by atoms with Gasteiger partial charge in [-0.3, -0.25) is 0 Å². The predicted octanol–water partition coefficient (Wildman–Crippen LogP) is 7.49. The molecule has 2 aromatic rings. The number of unbranched alkanes of at least 4 members (excludes halogenated alkanes) is 2. The first kappa shape index (κ1) is 42.7. The molecule has 0 atom stereocenters. The second kappa shape index (κ2) is 31.0. The second-order valence-corrected chi connectivity index (χ2v) is 10.4. The number of nitrogens with one attached hydrogen (secondary N) is 2.